The molecule has 2 aromatic carbocycles. The number of rotatable bonds is 3. The third-order valence-corrected chi connectivity index (χ3v) is 4.24. The number of carbonyl (C=O) groups excluding carboxylic acids is 2. The molecule has 0 spiro atoms. The molecule has 3 rings (SSSR count). The van der Waals surface area contributed by atoms with Crippen molar-refractivity contribution in [1.29, 1.82) is 0 Å². The van der Waals surface area contributed by atoms with Gasteiger partial charge in [-0.15, -0.1) is 12.4 Å². The summed E-state index contributed by atoms with van der Waals surface area (Å²) < 4.78 is 12.9. The summed E-state index contributed by atoms with van der Waals surface area (Å²) in [6.45, 7) is 4.21. The van der Waals surface area contributed by atoms with E-state index in [2.05, 4.69) is 10.6 Å². The number of carbonyl (C=O) groups is 2. The van der Waals surface area contributed by atoms with Crippen molar-refractivity contribution in [3.63, 3.8) is 0 Å². The van der Waals surface area contributed by atoms with Gasteiger partial charge in [0.1, 0.15) is 5.82 Å². The summed E-state index contributed by atoms with van der Waals surface area (Å²) in [5.41, 5.74) is 1.42. The number of hydrogen-bond donors (Lipinski definition) is 2. The normalized spacial score (nSPS) is 16.5. The van der Waals surface area contributed by atoms with E-state index >= 15 is 0 Å². The lowest BCUT2D eigenvalue weighted by molar-refractivity contribution is 0.0655. The van der Waals surface area contributed by atoms with Gasteiger partial charge in [-0.3, -0.25) is 9.59 Å². The molecule has 0 bridgehead atoms. The Balaban J connectivity index is 0.00000243. The number of hydrogen-bond acceptors (Lipinski definition) is 3. The van der Waals surface area contributed by atoms with Gasteiger partial charge >= 0.3 is 0 Å². The first-order valence-electron chi connectivity index (χ1n) is 8.23. The van der Waals surface area contributed by atoms with Crippen LogP contribution in [0.4, 0.5) is 10.1 Å². The Morgan fingerprint density at radius 2 is 1.88 bits per heavy atom. The average molecular weight is 378 g/mol. The number of nitrogens with one attached hydrogen (secondary N) is 2. The molecule has 0 radical (unpaired) electrons. The van der Waals surface area contributed by atoms with Crippen molar-refractivity contribution < 1.29 is 14.0 Å². The van der Waals surface area contributed by atoms with Gasteiger partial charge in [0, 0.05) is 42.5 Å². The van der Waals surface area contributed by atoms with Gasteiger partial charge in [-0.2, -0.15) is 0 Å². The smallest absolute Gasteiger partial charge is 0.255 e. The topological polar surface area (TPSA) is 61.4 Å². The van der Waals surface area contributed by atoms with Crippen LogP contribution in [0.2, 0.25) is 0 Å². The zero-order valence-electron chi connectivity index (χ0n) is 14.4. The number of halogens is 2. The summed E-state index contributed by atoms with van der Waals surface area (Å²) in [7, 11) is 0. The summed E-state index contributed by atoms with van der Waals surface area (Å²) in [6.07, 6.45) is 0. The van der Waals surface area contributed by atoms with E-state index in [1.54, 1.807) is 24.3 Å². The van der Waals surface area contributed by atoms with E-state index in [1.807, 2.05) is 11.8 Å². The van der Waals surface area contributed by atoms with Crippen LogP contribution in [0.1, 0.15) is 27.6 Å². The van der Waals surface area contributed by atoms with Gasteiger partial charge in [0.2, 0.25) is 0 Å². The number of anilines is 1. The van der Waals surface area contributed by atoms with Gasteiger partial charge in [0.15, 0.2) is 0 Å². The highest BCUT2D eigenvalue weighted by Gasteiger charge is 2.24. The monoisotopic (exact) mass is 377 g/mol. The molecular weight excluding hydrogens is 357 g/mol. The molecule has 26 heavy (non-hydrogen) atoms. The highest BCUT2D eigenvalue weighted by molar-refractivity contribution is 6.05. The minimum absolute atomic E-state index is 0. The van der Waals surface area contributed by atoms with E-state index in [0.29, 0.717) is 23.4 Å². The van der Waals surface area contributed by atoms with Crippen LogP contribution < -0.4 is 10.6 Å². The van der Waals surface area contributed by atoms with Crippen LogP contribution in [0.25, 0.3) is 0 Å². The van der Waals surface area contributed by atoms with E-state index < -0.39 is 5.82 Å². The molecule has 1 aliphatic rings. The quantitative estimate of drug-likeness (QED) is 0.864. The van der Waals surface area contributed by atoms with Crippen molar-refractivity contribution in [3.05, 3.63) is 65.5 Å². The number of nitrogens with zero attached hydrogens (tertiary/aromatic N) is 1. The van der Waals surface area contributed by atoms with E-state index in [-0.39, 0.29) is 30.3 Å². The molecule has 0 saturated carbocycles. The van der Waals surface area contributed by atoms with E-state index in [9.17, 15) is 14.0 Å². The van der Waals surface area contributed by atoms with Crippen LogP contribution in [-0.2, 0) is 0 Å². The third kappa shape index (κ3) is 4.59. The summed E-state index contributed by atoms with van der Waals surface area (Å²) in [5.74, 6) is -0.790. The molecule has 0 unspecified atom stereocenters. The Kier molecular flexibility index (Phi) is 6.71. The lowest BCUT2D eigenvalue weighted by Crippen LogP contribution is -2.52. The van der Waals surface area contributed by atoms with Gasteiger partial charge in [-0.25, -0.2) is 4.39 Å². The Bertz CT molecular complexity index is 783. The average Bonchev–Trinajstić information content (AvgIpc) is 2.62. The zero-order chi connectivity index (χ0) is 17.8. The second-order valence-electron chi connectivity index (χ2n) is 6.09. The largest absolute Gasteiger partial charge is 0.333 e. The van der Waals surface area contributed by atoms with Crippen LogP contribution in [-0.4, -0.2) is 42.4 Å². The van der Waals surface area contributed by atoms with Crippen LogP contribution in [0.15, 0.2) is 48.5 Å². The molecule has 7 heteroatoms. The maximum absolute atomic E-state index is 12.9. The predicted octanol–water partition coefficient (Wildman–Crippen LogP) is 2.93. The summed E-state index contributed by atoms with van der Waals surface area (Å²) in [4.78, 5) is 26.8. The molecule has 5 nitrogen and oxygen atoms in total. The molecule has 1 saturated heterocycles. The maximum Gasteiger partial charge on any atom is 0.255 e. The number of amides is 2. The fraction of sp³-hybridized carbons (Fsp3) is 0.263. The molecule has 1 atom stereocenters. The van der Waals surface area contributed by atoms with Crippen molar-refractivity contribution in [2.45, 2.75) is 13.0 Å². The van der Waals surface area contributed by atoms with Crippen molar-refractivity contribution in [2.75, 3.05) is 25.0 Å². The molecule has 1 heterocycles. The predicted molar refractivity (Wildman–Crippen MR) is 101 cm³/mol. The lowest BCUT2D eigenvalue weighted by Gasteiger charge is -2.34. The first kappa shape index (κ1) is 19.9. The molecule has 2 aromatic rings. The second-order valence-corrected chi connectivity index (χ2v) is 6.09. The van der Waals surface area contributed by atoms with Crippen molar-refractivity contribution in [3.8, 4) is 0 Å². The Labute approximate surface area is 158 Å². The molecular formula is C19H21ClFN3O2. The van der Waals surface area contributed by atoms with E-state index in [0.717, 1.165) is 13.1 Å². The molecule has 0 aromatic heterocycles. The summed E-state index contributed by atoms with van der Waals surface area (Å²) in [5, 5.41) is 6.00. The second kappa shape index (κ2) is 8.78. The first-order valence-corrected chi connectivity index (χ1v) is 8.23. The number of benzene rings is 2. The van der Waals surface area contributed by atoms with E-state index in [4.69, 9.17) is 0 Å². The highest BCUT2D eigenvalue weighted by Crippen LogP contribution is 2.16. The fourth-order valence-electron chi connectivity index (χ4n) is 2.84. The van der Waals surface area contributed by atoms with Crippen LogP contribution in [0.3, 0.4) is 0 Å². The Morgan fingerprint density at radius 3 is 2.58 bits per heavy atom. The molecule has 2 N–H and O–H groups in total. The van der Waals surface area contributed by atoms with E-state index in [1.165, 1.54) is 24.3 Å². The molecule has 0 aliphatic carbocycles. The van der Waals surface area contributed by atoms with Crippen molar-refractivity contribution >= 4 is 29.9 Å². The summed E-state index contributed by atoms with van der Waals surface area (Å²) >= 11 is 0. The van der Waals surface area contributed by atoms with Crippen molar-refractivity contribution in [1.82, 2.24) is 10.2 Å². The Hall–Kier alpha value is -2.44. The lowest BCUT2D eigenvalue weighted by atomic mass is 10.1. The van der Waals surface area contributed by atoms with Gasteiger partial charge in [0.25, 0.3) is 11.8 Å². The minimum atomic E-state index is -0.394. The van der Waals surface area contributed by atoms with Gasteiger partial charge in [-0.05, 0) is 49.4 Å². The van der Waals surface area contributed by atoms with Crippen molar-refractivity contribution in [2.24, 2.45) is 0 Å². The third-order valence-electron chi connectivity index (χ3n) is 4.24. The van der Waals surface area contributed by atoms with Gasteiger partial charge in [0.05, 0.1) is 0 Å². The van der Waals surface area contributed by atoms with Crippen LogP contribution >= 0.6 is 12.4 Å². The number of piperazine rings is 1. The maximum atomic E-state index is 12.9. The first-order chi connectivity index (χ1) is 12.0. The van der Waals surface area contributed by atoms with Crippen LogP contribution in [0, 0.1) is 5.82 Å². The van der Waals surface area contributed by atoms with Gasteiger partial charge < -0.3 is 15.5 Å². The minimum Gasteiger partial charge on any atom is -0.333 e. The molecule has 138 valence electrons. The SMILES string of the molecule is C[C@@H]1CNCCN1C(=O)c1cccc(NC(=O)c2ccc(F)cc2)c1.Cl. The Morgan fingerprint density at radius 1 is 1.15 bits per heavy atom. The highest BCUT2D eigenvalue weighted by atomic mass is 35.5. The fourth-order valence-corrected chi connectivity index (χ4v) is 2.84. The van der Waals surface area contributed by atoms with Crippen LogP contribution in [0.5, 0.6) is 0 Å². The zero-order valence-corrected chi connectivity index (χ0v) is 15.2. The molecule has 2 amide bonds. The standard InChI is InChI=1S/C19H20FN3O2.ClH/c1-13-12-21-9-10-23(13)19(25)15-3-2-4-17(11-15)22-18(24)14-5-7-16(20)8-6-14;/h2-8,11,13,21H,9-10,12H2,1H3,(H,22,24);1H/t13-;/m1./s1. The van der Waals surface area contributed by atoms with Gasteiger partial charge in [-0.1, -0.05) is 6.07 Å². The summed E-state index contributed by atoms with van der Waals surface area (Å²) in [6, 6.07) is 12.3. The molecule has 1 fully saturated rings. The molecule has 1 aliphatic heterocycles.